The molecule has 0 aromatic heterocycles. The van der Waals surface area contributed by atoms with Crippen LogP contribution in [0.5, 0.6) is 0 Å². The molecule has 38 valence electrons. The molecule has 1 fully saturated rings. The summed E-state index contributed by atoms with van der Waals surface area (Å²) in [5, 5.41) is 0. The molecule has 1 saturated heterocycles. The number of rotatable bonds is 1. The Bertz CT molecular complexity index is 54.0. The van der Waals surface area contributed by atoms with E-state index in [0.717, 1.165) is 0 Å². The standard InChI is InChI=1S/C5H10O.Li.H/c1-3-5-4(2)6-5;;/h4-5H,3H2,1-2H3;;. The van der Waals surface area contributed by atoms with Gasteiger partial charge in [-0.3, -0.25) is 0 Å². The van der Waals surface area contributed by atoms with Crippen molar-refractivity contribution in [3.05, 3.63) is 0 Å². The Balaban J connectivity index is 0.000000360. The summed E-state index contributed by atoms with van der Waals surface area (Å²) >= 11 is 0. The number of hydrogen-bond donors (Lipinski definition) is 0. The molecule has 0 bridgehead atoms. The molecule has 0 spiro atoms. The van der Waals surface area contributed by atoms with E-state index in [-0.39, 0.29) is 18.9 Å². The van der Waals surface area contributed by atoms with Gasteiger partial charge in [0.15, 0.2) is 0 Å². The molecule has 2 heteroatoms. The first kappa shape index (κ1) is 7.56. The number of epoxide rings is 1. The molecular formula is C5H11LiO. The van der Waals surface area contributed by atoms with Crippen molar-refractivity contribution in [2.24, 2.45) is 0 Å². The van der Waals surface area contributed by atoms with E-state index < -0.39 is 0 Å². The van der Waals surface area contributed by atoms with Gasteiger partial charge in [0, 0.05) is 0 Å². The molecule has 1 aliphatic heterocycles. The normalized spacial score (nSPS) is 36.9. The molecule has 7 heavy (non-hydrogen) atoms. The molecule has 2 atom stereocenters. The first-order valence-electron chi connectivity index (χ1n) is 2.50. The Morgan fingerprint density at radius 3 is 2.00 bits per heavy atom. The molecule has 1 nitrogen and oxygen atoms in total. The SMILES string of the molecule is CCC1OC1C.[LiH]. The molecule has 0 saturated carbocycles. The number of ether oxygens (including phenoxy) is 1. The predicted molar refractivity (Wildman–Crippen MR) is 31.8 cm³/mol. The Kier molecular flexibility index (Phi) is 2.99. The van der Waals surface area contributed by atoms with Crippen LogP contribution >= 0.6 is 0 Å². The fourth-order valence-electron chi connectivity index (χ4n) is 0.659. The van der Waals surface area contributed by atoms with Crippen LogP contribution in [0.4, 0.5) is 0 Å². The van der Waals surface area contributed by atoms with Crippen molar-refractivity contribution in [1.82, 2.24) is 0 Å². The Hall–Kier alpha value is 0.557. The minimum absolute atomic E-state index is 0. The Labute approximate surface area is 56.6 Å². The summed E-state index contributed by atoms with van der Waals surface area (Å²) in [5.41, 5.74) is 0. The van der Waals surface area contributed by atoms with Gasteiger partial charge in [-0.2, -0.15) is 0 Å². The van der Waals surface area contributed by atoms with Crippen LogP contribution in [-0.4, -0.2) is 31.1 Å². The second kappa shape index (κ2) is 2.77. The quantitative estimate of drug-likeness (QED) is 0.341. The summed E-state index contributed by atoms with van der Waals surface area (Å²) in [6.45, 7) is 4.25. The molecule has 0 N–H and O–H groups in total. The third kappa shape index (κ3) is 1.86. The fraction of sp³-hybridized carbons (Fsp3) is 1.00. The average molecular weight is 94.1 g/mol. The van der Waals surface area contributed by atoms with Gasteiger partial charge >= 0.3 is 18.9 Å². The molecule has 0 aromatic rings. The molecule has 1 rings (SSSR count). The Morgan fingerprint density at radius 1 is 1.57 bits per heavy atom. The monoisotopic (exact) mass is 94.1 g/mol. The second-order valence-electron chi connectivity index (χ2n) is 1.79. The van der Waals surface area contributed by atoms with Gasteiger partial charge < -0.3 is 4.74 Å². The predicted octanol–water partition coefficient (Wildman–Crippen LogP) is 0.535. The van der Waals surface area contributed by atoms with Crippen molar-refractivity contribution < 1.29 is 4.74 Å². The van der Waals surface area contributed by atoms with Crippen molar-refractivity contribution in [2.45, 2.75) is 32.5 Å². The van der Waals surface area contributed by atoms with Crippen LogP contribution in [0.2, 0.25) is 0 Å². The fourth-order valence-corrected chi connectivity index (χ4v) is 0.659. The van der Waals surface area contributed by atoms with Gasteiger partial charge in [0.25, 0.3) is 0 Å². The zero-order valence-electron chi connectivity index (χ0n) is 4.27. The Morgan fingerprint density at radius 2 is 2.00 bits per heavy atom. The van der Waals surface area contributed by atoms with Gasteiger partial charge in [0.1, 0.15) is 0 Å². The van der Waals surface area contributed by atoms with E-state index >= 15 is 0 Å². The molecule has 0 aromatic carbocycles. The van der Waals surface area contributed by atoms with Gasteiger partial charge in [0.2, 0.25) is 0 Å². The van der Waals surface area contributed by atoms with E-state index in [9.17, 15) is 0 Å². The first-order valence-corrected chi connectivity index (χ1v) is 2.50. The van der Waals surface area contributed by atoms with Crippen molar-refractivity contribution in [2.75, 3.05) is 0 Å². The molecular weight excluding hydrogens is 83.0 g/mol. The van der Waals surface area contributed by atoms with E-state index in [1.54, 1.807) is 0 Å². The molecule has 0 radical (unpaired) electrons. The molecule has 1 heterocycles. The van der Waals surface area contributed by atoms with Crippen LogP contribution < -0.4 is 0 Å². The summed E-state index contributed by atoms with van der Waals surface area (Å²) in [7, 11) is 0. The van der Waals surface area contributed by atoms with Gasteiger partial charge in [-0.25, -0.2) is 0 Å². The first-order chi connectivity index (χ1) is 2.84. The van der Waals surface area contributed by atoms with Gasteiger partial charge in [0.05, 0.1) is 12.2 Å². The molecule has 2 unspecified atom stereocenters. The molecule has 1 aliphatic rings. The van der Waals surface area contributed by atoms with Crippen molar-refractivity contribution in [3.63, 3.8) is 0 Å². The van der Waals surface area contributed by atoms with Crippen LogP contribution in [0.25, 0.3) is 0 Å². The summed E-state index contributed by atoms with van der Waals surface area (Å²) in [6.07, 6.45) is 2.35. The second-order valence-corrected chi connectivity index (χ2v) is 1.79. The molecule has 0 aliphatic carbocycles. The summed E-state index contributed by atoms with van der Waals surface area (Å²) in [6, 6.07) is 0. The van der Waals surface area contributed by atoms with E-state index in [0.29, 0.717) is 12.2 Å². The summed E-state index contributed by atoms with van der Waals surface area (Å²) in [4.78, 5) is 0. The summed E-state index contributed by atoms with van der Waals surface area (Å²) < 4.78 is 5.07. The van der Waals surface area contributed by atoms with E-state index in [1.165, 1.54) is 6.42 Å². The maximum atomic E-state index is 5.07. The number of hydrogen-bond acceptors (Lipinski definition) is 1. The van der Waals surface area contributed by atoms with Crippen molar-refractivity contribution in [3.8, 4) is 0 Å². The minimum atomic E-state index is 0. The van der Waals surface area contributed by atoms with Crippen LogP contribution in [0.1, 0.15) is 20.3 Å². The third-order valence-electron chi connectivity index (χ3n) is 1.24. The van der Waals surface area contributed by atoms with Crippen LogP contribution in [0, 0.1) is 0 Å². The average Bonchev–Trinajstić information content (AvgIpc) is 2.19. The van der Waals surface area contributed by atoms with Crippen LogP contribution in [0.3, 0.4) is 0 Å². The third-order valence-corrected chi connectivity index (χ3v) is 1.24. The van der Waals surface area contributed by atoms with Gasteiger partial charge in [-0.05, 0) is 13.3 Å². The maximum absolute atomic E-state index is 5.07. The van der Waals surface area contributed by atoms with E-state index in [2.05, 4.69) is 13.8 Å². The van der Waals surface area contributed by atoms with Gasteiger partial charge in [-0.15, -0.1) is 0 Å². The molecule has 0 amide bonds. The zero-order valence-corrected chi connectivity index (χ0v) is 4.27. The zero-order chi connectivity index (χ0) is 4.57. The summed E-state index contributed by atoms with van der Waals surface area (Å²) in [5.74, 6) is 0. The van der Waals surface area contributed by atoms with Crippen LogP contribution in [-0.2, 0) is 4.74 Å². The van der Waals surface area contributed by atoms with Crippen LogP contribution in [0.15, 0.2) is 0 Å². The van der Waals surface area contributed by atoms with E-state index in [4.69, 9.17) is 4.74 Å². The van der Waals surface area contributed by atoms with E-state index in [1.807, 2.05) is 0 Å². The van der Waals surface area contributed by atoms with Crippen molar-refractivity contribution in [1.29, 1.82) is 0 Å². The van der Waals surface area contributed by atoms with Crippen molar-refractivity contribution >= 4 is 18.9 Å². The topological polar surface area (TPSA) is 12.5 Å². The van der Waals surface area contributed by atoms with Gasteiger partial charge in [-0.1, -0.05) is 6.92 Å².